The third-order valence-corrected chi connectivity index (χ3v) is 5.86. The van der Waals surface area contributed by atoms with Crippen LogP contribution in [-0.4, -0.2) is 45.4 Å². The van der Waals surface area contributed by atoms with Gasteiger partial charge in [0.1, 0.15) is 5.54 Å². The first-order valence-corrected chi connectivity index (χ1v) is 9.78. The highest BCUT2D eigenvalue weighted by Gasteiger charge is 2.54. The third-order valence-electron chi connectivity index (χ3n) is 5.86. The Morgan fingerprint density at radius 2 is 1.86 bits per heavy atom. The lowest BCUT2D eigenvalue weighted by Gasteiger charge is -2.42. The minimum absolute atomic E-state index is 0.188. The molecule has 0 saturated carbocycles. The lowest BCUT2D eigenvalue weighted by atomic mass is 9.86. The highest BCUT2D eigenvalue weighted by atomic mass is 16.2. The van der Waals surface area contributed by atoms with Crippen molar-refractivity contribution < 1.29 is 9.59 Å². The summed E-state index contributed by atoms with van der Waals surface area (Å²) >= 11 is 0. The lowest BCUT2D eigenvalue weighted by Crippen LogP contribution is -2.56. The summed E-state index contributed by atoms with van der Waals surface area (Å²) in [6.07, 6.45) is 3.85. The van der Waals surface area contributed by atoms with E-state index in [1.807, 2.05) is 43.5 Å². The van der Waals surface area contributed by atoms with Gasteiger partial charge in [0, 0.05) is 31.5 Å². The molecule has 0 radical (unpaired) electrons. The number of anilines is 1. The van der Waals surface area contributed by atoms with Crippen molar-refractivity contribution in [2.45, 2.75) is 45.2 Å². The van der Waals surface area contributed by atoms with Gasteiger partial charge in [-0.25, -0.2) is 14.8 Å². The molecule has 2 aromatic rings. The third kappa shape index (κ3) is 3.10. The number of carbonyl (C=O) groups is 2. The molecule has 7 heteroatoms. The van der Waals surface area contributed by atoms with Gasteiger partial charge in [0.25, 0.3) is 5.91 Å². The topological polar surface area (TPSA) is 78.4 Å². The fraction of sp³-hybridized carbons (Fsp3) is 0.429. The average molecular weight is 379 g/mol. The van der Waals surface area contributed by atoms with Gasteiger partial charge in [0.2, 0.25) is 5.95 Å². The normalized spacial score (nSPS) is 18.6. The highest BCUT2D eigenvalue weighted by molar-refractivity contribution is 6.07. The molecule has 146 valence electrons. The summed E-state index contributed by atoms with van der Waals surface area (Å²) in [5.41, 5.74) is 2.37. The first-order chi connectivity index (χ1) is 13.5. The van der Waals surface area contributed by atoms with Crippen molar-refractivity contribution in [3.8, 4) is 0 Å². The van der Waals surface area contributed by atoms with E-state index in [9.17, 15) is 9.59 Å². The average Bonchev–Trinajstić information content (AvgIpc) is 2.94. The van der Waals surface area contributed by atoms with Crippen LogP contribution in [0.25, 0.3) is 0 Å². The van der Waals surface area contributed by atoms with Gasteiger partial charge in [-0.3, -0.25) is 10.1 Å². The molecule has 2 aliphatic rings. The summed E-state index contributed by atoms with van der Waals surface area (Å²) < 4.78 is 0. The Morgan fingerprint density at radius 3 is 2.54 bits per heavy atom. The number of aromatic nitrogens is 2. The SMILES string of the molecule is CCc1nc(N2CCC3(CC2)C(=O)NC(=O)N3Cc2ccccc2)ncc1C. The summed E-state index contributed by atoms with van der Waals surface area (Å²) in [6.45, 7) is 5.81. The number of hydrogen-bond acceptors (Lipinski definition) is 5. The van der Waals surface area contributed by atoms with Crippen LogP contribution in [0.2, 0.25) is 0 Å². The zero-order chi connectivity index (χ0) is 19.7. The molecule has 0 atom stereocenters. The molecule has 2 saturated heterocycles. The number of carbonyl (C=O) groups excluding carboxylic acids is 2. The highest BCUT2D eigenvalue weighted by Crippen LogP contribution is 2.35. The van der Waals surface area contributed by atoms with E-state index in [1.165, 1.54) is 0 Å². The van der Waals surface area contributed by atoms with E-state index in [1.54, 1.807) is 4.90 Å². The maximum atomic E-state index is 12.7. The number of imide groups is 1. The van der Waals surface area contributed by atoms with Crippen LogP contribution in [0.5, 0.6) is 0 Å². The van der Waals surface area contributed by atoms with Crippen LogP contribution in [-0.2, 0) is 17.8 Å². The maximum absolute atomic E-state index is 12.7. The number of hydrogen-bond donors (Lipinski definition) is 1. The molecular weight excluding hydrogens is 354 g/mol. The summed E-state index contributed by atoms with van der Waals surface area (Å²) in [4.78, 5) is 38.2. The molecule has 1 spiro atoms. The van der Waals surface area contributed by atoms with Crippen LogP contribution in [0.1, 0.15) is 36.6 Å². The predicted molar refractivity (Wildman–Crippen MR) is 106 cm³/mol. The van der Waals surface area contributed by atoms with Gasteiger partial charge in [-0.2, -0.15) is 0 Å². The van der Waals surface area contributed by atoms with Crippen LogP contribution in [0.15, 0.2) is 36.5 Å². The molecule has 1 N–H and O–H groups in total. The van der Waals surface area contributed by atoms with Crippen LogP contribution >= 0.6 is 0 Å². The molecule has 0 aliphatic carbocycles. The smallest absolute Gasteiger partial charge is 0.325 e. The van der Waals surface area contributed by atoms with Crippen LogP contribution < -0.4 is 10.2 Å². The van der Waals surface area contributed by atoms with Crippen molar-refractivity contribution in [3.05, 3.63) is 53.3 Å². The van der Waals surface area contributed by atoms with Crippen molar-refractivity contribution in [1.29, 1.82) is 0 Å². The second-order valence-electron chi connectivity index (χ2n) is 7.50. The standard InChI is InChI=1S/C21H25N5O2/c1-3-17-15(2)13-22-19(23-17)25-11-9-21(10-12-25)18(27)24-20(28)26(21)14-16-7-5-4-6-8-16/h4-8,13H,3,9-12,14H2,1-2H3,(H,24,27,28). The maximum Gasteiger partial charge on any atom is 0.325 e. The first kappa shape index (κ1) is 18.4. The minimum atomic E-state index is -0.790. The molecule has 1 aromatic heterocycles. The largest absolute Gasteiger partial charge is 0.341 e. The minimum Gasteiger partial charge on any atom is -0.341 e. The molecule has 3 amide bonds. The Bertz CT molecular complexity index is 891. The van der Waals surface area contributed by atoms with E-state index < -0.39 is 5.54 Å². The van der Waals surface area contributed by atoms with Gasteiger partial charge in [0.15, 0.2) is 0 Å². The Morgan fingerprint density at radius 1 is 1.14 bits per heavy atom. The molecule has 3 heterocycles. The van der Waals surface area contributed by atoms with Gasteiger partial charge in [-0.1, -0.05) is 37.3 Å². The quantitative estimate of drug-likeness (QED) is 0.826. The van der Waals surface area contributed by atoms with Crippen LogP contribution in [0, 0.1) is 6.92 Å². The Hall–Kier alpha value is -2.96. The van der Waals surface area contributed by atoms with Crippen molar-refractivity contribution in [3.63, 3.8) is 0 Å². The number of amides is 3. The second-order valence-corrected chi connectivity index (χ2v) is 7.50. The molecule has 0 bridgehead atoms. The molecule has 4 rings (SSSR count). The molecule has 7 nitrogen and oxygen atoms in total. The second kappa shape index (κ2) is 7.22. The number of piperidine rings is 1. The summed E-state index contributed by atoms with van der Waals surface area (Å²) in [5.74, 6) is 0.517. The molecule has 28 heavy (non-hydrogen) atoms. The molecular formula is C21H25N5O2. The lowest BCUT2D eigenvalue weighted by molar-refractivity contribution is -0.127. The van der Waals surface area contributed by atoms with Gasteiger partial charge < -0.3 is 9.80 Å². The van der Waals surface area contributed by atoms with Crippen molar-refractivity contribution in [2.75, 3.05) is 18.0 Å². The summed E-state index contributed by atoms with van der Waals surface area (Å²) in [6, 6.07) is 9.48. The van der Waals surface area contributed by atoms with E-state index in [-0.39, 0.29) is 11.9 Å². The number of nitrogens with zero attached hydrogens (tertiary/aromatic N) is 4. The molecule has 2 aliphatic heterocycles. The number of aryl methyl sites for hydroxylation is 2. The summed E-state index contributed by atoms with van der Waals surface area (Å²) in [5, 5.41) is 2.53. The van der Waals surface area contributed by atoms with Crippen molar-refractivity contribution in [1.82, 2.24) is 20.2 Å². The Kier molecular flexibility index (Phi) is 4.75. The monoisotopic (exact) mass is 379 g/mol. The van der Waals surface area contributed by atoms with Crippen molar-refractivity contribution >= 4 is 17.9 Å². The molecule has 2 fully saturated rings. The fourth-order valence-corrected chi connectivity index (χ4v) is 4.14. The first-order valence-electron chi connectivity index (χ1n) is 9.78. The number of benzene rings is 1. The van der Waals surface area contributed by atoms with Crippen LogP contribution in [0.3, 0.4) is 0 Å². The Balaban J connectivity index is 1.54. The predicted octanol–water partition coefficient (Wildman–Crippen LogP) is 2.44. The van der Waals surface area contributed by atoms with Gasteiger partial charge >= 0.3 is 6.03 Å². The van der Waals surface area contributed by atoms with E-state index in [2.05, 4.69) is 27.1 Å². The Labute approximate surface area is 164 Å². The van der Waals surface area contributed by atoms with E-state index in [0.717, 1.165) is 23.2 Å². The van der Waals surface area contributed by atoms with Gasteiger partial charge in [0.05, 0.1) is 0 Å². The summed E-state index contributed by atoms with van der Waals surface area (Å²) in [7, 11) is 0. The van der Waals surface area contributed by atoms with E-state index in [4.69, 9.17) is 0 Å². The zero-order valence-electron chi connectivity index (χ0n) is 16.3. The fourth-order valence-electron chi connectivity index (χ4n) is 4.14. The van der Waals surface area contributed by atoms with Gasteiger partial charge in [-0.05, 0) is 37.3 Å². The van der Waals surface area contributed by atoms with Crippen LogP contribution in [0.4, 0.5) is 10.7 Å². The zero-order valence-corrected chi connectivity index (χ0v) is 16.3. The number of nitrogens with one attached hydrogen (secondary N) is 1. The number of urea groups is 1. The van der Waals surface area contributed by atoms with Gasteiger partial charge in [-0.15, -0.1) is 0 Å². The van der Waals surface area contributed by atoms with E-state index >= 15 is 0 Å². The molecule has 1 aromatic carbocycles. The number of rotatable bonds is 4. The molecule has 0 unspecified atom stereocenters. The van der Waals surface area contributed by atoms with E-state index in [0.29, 0.717) is 38.4 Å². The van der Waals surface area contributed by atoms with Crippen molar-refractivity contribution in [2.24, 2.45) is 0 Å².